The van der Waals surface area contributed by atoms with Crippen molar-refractivity contribution in [1.82, 2.24) is 25.1 Å². The number of nitrogens with zero attached hydrogens (tertiary/aromatic N) is 4. The maximum atomic E-state index is 12.1. The number of carbonyl (C=O) groups is 1. The molecule has 7 nitrogen and oxygen atoms in total. The summed E-state index contributed by atoms with van der Waals surface area (Å²) in [5, 5.41) is 7.35. The average molecular weight is 357 g/mol. The Bertz CT molecular complexity index is 765. The highest BCUT2D eigenvalue weighted by Gasteiger charge is 2.34. The third-order valence-corrected chi connectivity index (χ3v) is 4.75. The first-order valence-electron chi connectivity index (χ1n) is 9.20. The minimum atomic E-state index is -0.403. The van der Waals surface area contributed by atoms with E-state index in [-0.39, 0.29) is 5.91 Å². The fourth-order valence-corrected chi connectivity index (χ4v) is 3.27. The molecule has 1 amide bonds. The monoisotopic (exact) mass is 357 g/mol. The van der Waals surface area contributed by atoms with Crippen LogP contribution < -0.4 is 5.32 Å². The molecule has 1 N–H and O–H groups in total. The number of hydrogen-bond donors (Lipinski definition) is 1. The highest BCUT2D eigenvalue weighted by molar-refractivity contribution is 5.75. The second kappa shape index (κ2) is 7.95. The van der Waals surface area contributed by atoms with Crippen molar-refractivity contribution in [2.24, 2.45) is 0 Å². The third kappa shape index (κ3) is 4.46. The topological polar surface area (TPSA) is 81.9 Å². The normalized spacial score (nSPS) is 19.7. The van der Waals surface area contributed by atoms with Crippen molar-refractivity contribution in [3.8, 4) is 0 Å². The summed E-state index contributed by atoms with van der Waals surface area (Å²) < 4.78 is 7.74. The molecule has 1 fully saturated rings. The first-order chi connectivity index (χ1) is 12.5. The summed E-state index contributed by atoms with van der Waals surface area (Å²) in [4.78, 5) is 21.0. The van der Waals surface area contributed by atoms with E-state index in [0.717, 1.165) is 49.5 Å². The van der Waals surface area contributed by atoms with Gasteiger partial charge in [0.2, 0.25) is 5.91 Å². The van der Waals surface area contributed by atoms with Gasteiger partial charge < -0.3 is 10.1 Å². The molecule has 0 bridgehead atoms. The summed E-state index contributed by atoms with van der Waals surface area (Å²) in [5.41, 5.74) is 2.53. The molecular formula is C19H27N5O2. The van der Waals surface area contributed by atoms with E-state index in [4.69, 9.17) is 4.74 Å². The number of nitrogens with one attached hydrogen (secondary N) is 1. The third-order valence-electron chi connectivity index (χ3n) is 4.75. The molecule has 1 atom stereocenters. The molecule has 0 aliphatic carbocycles. The van der Waals surface area contributed by atoms with E-state index >= 15 is 0 Å². The van der Waals surface area contributed by atoms with Gasteiger partial charge in [0, 0.05) is 31.5 Å². The molecular weight excluding hydrogens is 330 g/mol. The Kier molecular flexibility index (Phi) is 5.66. The van der Waals surface area contributed by atoms with Gasteiger partial charge in [0.05, 0.1) is 17.9 Å². The molecule has 2 aromatic rings. The van der Waals surface area contributed by atoms with Crippen LogP contribution in [0.3, 0.4) is 0 Å². The molecule has 1 aliphatic rings. The fraction of sp³-hybridized carbons (Fsp3) is 0.579. The lowest BCUT2D eigenvalue weighted by Crippen LogP contribution is -2.26. The zero-order valence-electron chi connectivity index (χ0n) is 15.8. The van der Waals surface area contributed by atoms with Gasteiger partial charge >= 0.3 is 0 Å². The van der Waals surface area contributed by atoms with E-state index in [0.29, 0.717) is 18.8 Å². The first-order valence-corrected chi connectivity index (χ1v) is 9.20. The Morgan fingerprint density at radius 3 is 2.96 bits per heavy atom. The minimum absolute atomic E-state index is 0.0232. The van der Waals surface area contributed by atoms with Crippen molar-refractivity contribution in [3.05, 3.63) is 41.2 Å². The highest BCUT2D eigenvalue weighted by Crippen LogP contribution is 2.33. The number of aromatic nitrogens is 4. The van der Waals surface area contributed by atoms with Crippen LogP contribution in [0.4, 0.5) is 0 Å². The van der Waals surface area contributed by atoms with Gasteiger partial charge in [0.1, 0.15) is 5.60 Å². The molecule has 0 saturated carbocycles. The molecule has 0 aromatic carbocycles. The van der Waals surface area contributed by atoms with Crippen LogP contribution >= 0.6 is 0 Å². The Morgan fingerprint density at radius 1 is 1.42 bits per heavy atom. The smallest absolute Gasteiger partial charge is 0.220 e. The van der Waals surface area contributed by atoms with Gasteiger partial charge in [0.15, 0.2) is 5.82 Å². The predicted molar refractivity (Wildman–Crippen MR) is 97.4 cm³/mol. The molecule has 3 heterocycles. The van der Waals surface area contributed by atoms with Gasteiger partial charge in [-0.15, -0.1) is 0 Å². The predicted octanol–water partition coefficient (Wildman–Crippen LogP) is 2.41. The molecule has 1 saturated heterocycles. The second-order valence-electron chi connectivity index (χ2n) is 7.08. The van der Waals surface area contributed by atoms with Crippen LogP contribution in [0.2, 0.25) is 0 Å². The average Bonchev–Trinajstić information content (AvgIpc) is 3.20. The second-order valence-corrected chi connectivity index (χ2v) is 7.08. The van der Waals surface area contributed by atoms with E-state index in [1.54, 1.807) is 6.20 Å². The number of ether oxygens (including phenoxy) is 1. The largest absolute Gasteiger partial charge is 0.367 e. The Hall–Kier alpha value is -2.28. The Labute approximate surface area is 154 Å². The Morgan fingerprint density at radius 2 is 2.27 bits per heavy atom. The van der Waals surface area contributed by atoms with Gasteiger partial charge in [-0.2, -0.15) is 5.10 Å². The molecule has 7 heteroatoms. The van der Waals surface area contributed by atoms with Crippen molar-refractivity contribution in [1.29, 1.82) is 0 Å². The summed E-state index contributed by atoms with van der Waals surface area (Å²) in [6.45, 7) is 7.93. The zero-order chi connectivity index (χ0) is 18.6. The lowest BCUT2D eigenvalue weighted by atomic mass is 10.0. The number of carbonyl (C=O) groups excluding carboxylic acids is 1. The SMILES string of the molecule is Cc1cc(C)n(CCCC(=O)NCc2ccnc([C@]3(C)CCCO3)n2)n1. The van der Waals surface area contributed by atoms with Crippen molar-refractivity contribution >= 4 is 5.91 Å². The highest BCUT2D eigenvalue weighted by atomic mass is 16.5. The van der Waals surface area contributed by atoms with Crippen molar-refractivity contribution in [2.75, 3.05) is 6.61 Å². The maximum Gasteiger partial charge on any atom is 0.220 e. The summed E-state index contributed by atoms with van der Waals surface area (Å²) in [6, 6.07) is 3.87. The van der Waals surface area contributed by atoms with Crippen molar-refractivity contribution < 1.29 is 9.53 Å². The van der Waals surface area contributed by atoms with E-state index in [9.17, 15) is 4.79 Å². The molecule has 2 aromatic heterocycles. The molecule has 0 radical (unpaired) electrons. The van der Waals surface area contributed by atoms with Crippen LogP contribution in [-0.2, 0) is 28.2 Å². The zero-order valence-corrected chi connectivity index (χ0v) is 15.8. The number of hydrogen-bond acceptors (Lipinski definition) is 5. The molecule has 140 valence electrons. The summed E-state index contributed by atoms with van der Waals surface area (Å²) in [5.74, 6) is 0.723. The van der Waals surface area contributed by atoms with Gasteiger partial charge in [-0.3, -0.25) is 9.48 Å². The van der Waals surface area contributed by atoms with Gasteiger partial charge in [-0.25, -0.2) is 9.97 Å². The van der Waals surface area contributed by atoms with Crippen LogP contribution in [0.1, 0.15) is 55.5 Å². The summed E-state index contributed by atoms with van der Waals surface area (Å²) in [7, 11) is 0. The lowest BCUT2D eigenvalue weighted by molar-refractivity contribution is -0.121. The minimum Gasteiger partial charge on any atom is -0.367 e. The quantitative estimate of drug-likeness (QED) is 0.823. The fourth-order valence-electron chi connectivity index (χ4n) is 3.27. The van der Waals surface area contributed by atoms with E-state index < -0.39 is 5.60 Å². The van der Waals surface area contributed by atoms with E-state index in [1.165, 1.54) is 0 Å². The lowest BCUT2D eigenvalue weighted by Gasteiger charge is -2.21. The van der Waals surface area contributed by atoms with Crippen LogP contribution in [-0.4, -0.2) is 32.3 Å². The molecule has 3 rings (SSSR count). The van der Waals surface area contributed by atoms with Crippen molar-refractivity contribution in [3.63, 3.8) is 0 Å². The van der Waals surface area contributed by atoms with Crippen LogP contribution in [0, 0.1) is 13.8 Å². The Balaban J connectivity index is 1.46. The summed E-state index contributed by atoms with van der Waals surface area (Å²) in [6.07, 6.45) is 4.91. The van der Waals surface area contributed by atoms with Gasteiger partial charge in [-0.1, -0.05) is 0 Å². The number of aryl methyl sites for hydroxylation is 3. The van der Waals surface area contributed by atoms with Gasteiger partial charge in [-0.05, 0) is 52.2 Å². The van der Waals surface area contributed by atoms with Crippen LogP contribution in [0.15, 0.2) is 18.3 Å². The molecule has 26 heavy (non-hydrogen) atoms. The van der Waals surface area contributed by atoms with Gasteiger partial charge in [0.25, 0.3) is 0 Å². The van der Waals surface area contributed by atoms with Crippen LogP contribution in [0.25, 0.3) is 0 Å². The van der Waals surface area contributed by atoms with E-state index in [2.05, 4.69) is 20.4 Å². The van der Waals surface area contributed by atoms with Crippen LogP contribution in [0.5, 0.6) is 0 Å². The standard InChI is InChI=1S/C19H27N5O2/c1-14-12-15(2)24(23-14)10-4-6-17(25)21-13-16-7-9-20-18(22-16)19(3)8-5-11-26-19/h7,9,12H,4-6,8,10-11,13H2,1-3H3,(H,21,25)/t19-/m0/s1. The first kappa shape index (κ1) is 18.5. The number of rotatable bonds is 7. The van der Waals surface area contributed by atoms with Crippen molar-refractivity contribution in [2.45, 2.75) is 65.1 Å². The molecule has 1 aliphatic heterocycles. The molecule has 0 spiro atoms. The summed E-state index contributed by atoms with van der Waals surface area (Å²) >= 11 is 0. The van der Waals surface area contributed by atoms with E-state index in [1.807, 2.05) is 37.6 Å². The molecule has 0 unspecified atom stereocenters. The number of amides is 1. The maximum absolute atomic E-state index is 12.1.